The number of hydrogen-bond acceptors (Lipinski definition) is 4. The normalized spacial score (nSPS) is 11.2. The lowest BCUT2D eigenvalue weighted by Crippen LogP contribution is -2.21. The zero-order valence-electron chi connectivity index (χ0n) is 8.20. The number of carbonyl (C=O) groups is 1. The van der Waals surface area contributed by atoms with Crippen molar-refractivity contribution in [1.29, 1.82) is 5.26 Å². The van der Waals surface area contributed by atoms with E-state index >= 15 is 0 Å². The topological polar surface area (TPSA) is 105 Å². The van der Waals surface area contributed by atoms with E-state index in [1.54, 1.807) is 30.3 Å². The maximum Gasteiger partial charge on any atom is 0.263 e. The molecule has 0 atom stereocenters. The first-order chi connectivity index (χ1) is 7.54. The Balaban J connectivity index is 2.93. The number of rotatable bonds is 3. The lowest BCUT2D eigenvalue weighted by Gasteiger charge is -2.07. The molecule has 16 heavy (non-hydrogen) atoms. The first-order valence-electron chi connectivity index (χ1n) is 4.27. The molecule has 0 bridgehead atoms. The van der Waals surface area contributed by atoms with Crippen molar-refractivity contribution in [1.82, 2.24) is 0 Å². The van der Waals surface area contributed by atoms with Crippen LogP contribution < -0.4 is 16.8 Å². The average molecular weight is 237 g/mol. The van der Waals surface area contributed by atoms with Crippen LogP contribution in [0, 0.1) is 11.3 Å². The van der Waals surface area contributed by atoms with E-state index in [1.807, 2.05) is 0 Å². The number of nitrogens with one attached hydrogen (secondary N) is 1. The standard InChI is InChI=1S/C10H9ClN4O/c11-6-1-3-7(4-2-6)15-9(13)8(5-12)10(14)16/h1-4,15H,13H2,(H2,14,16). The Hall–Kier alpha value is -2.19. The van der Waals surface area contributed by atoms with E-state index in [4.69, 9.17) is 28.3 Å². The summed E-state index contributed by atoms with van der Waals surface area (Å²) in [6.07, 6.45) is 0. The van der Waals surface area contributed by atoms with E-state index < -0.39 is 5.91 Å². The van der Waals surface area contributed by atoms with Crippen molar-refractivity contribution in [2.45, 2.75) is 0 Å². The molecule has 5 N–H and O–H groups in total. The number of halogens is 1. The molecule has 1 amide bonds. The number of nitrogens with zero attached hydrogens (tertiary/aromatic N) is 1. The van der Waals surface area contributed by atoms with E-state index in [0.29, 0.717) is 10.7 Å². The smallest absolute Gasteiger partial charge is 0.263 e. The summed E-state index contributed by atoms with van der Waals surface area (Å²) in [5, 5.41) is 11.9. The summed E-state index contributed by atoms with van der Waals surface area (Å²) in [6.45, 7) is 0. The molecule has 0 aliphatic carbocycles. The van der Waals surface area contributed by atoms with Crippen LogP contribution in [0.4, 0.5) is 5.69 Å². The molecular weight excluding hydrogens is 228 g/mol. The van der Waals surface area contributed by atoms with Gasteiger partial charge in [0.1, 0.15) is 11.9 Å². The van der Waals surface area contributed by atoms with Crippen molar-refractivity contribution in [3.05, 3.63) is 40.7 Å². The molecule has 5 nitrogen and oxygen atoms in total. The zero-order chi connectivity index (χ0) is 12.1. The molecule has 6 heteroatoms. The van der Waals surface area contributed by atoms with Crippen molar-refractivity contribution >= 4 is 23.2 Å². The lowest BCUT2D eigenvalue weighted by atomic mass is 10.2. The van der Waals surface area contributed by atoms with Gasteiger partial charge < -0.3 is 16.8 Å². The summed E-state index contributed by atoms with van der Waals surface area (Å²) < 4.78 is 0. The molecule has 0 radical (unpaired) electrons. The number of anilines is 1. The van der Waals surface area contributed by atoms with Gasteiger partial charge in [0, 0.05) is 10.7 Å². The van der Waals surface area contributed by atoms with Gasteiger partial charge in [-0.25, -0.2) is 0 Å². The van der Waals surface area contributed by atoms with Crippen LogP contribution in [0.5, 0.6) is 0 Å². The fourth-order valence-electron chi connectivity index (χ4n) is 0.999. The predicted octanol–water partition coefficient (Wildman–Crippen LogP) is 0.931. The molecule has 0 heterocycles. The quantitative estimate of drug-likeness (QED) is 0.536. The lowest BCUT2D eigenvalue weighted by molar-refractivity contribution is -0.114. The van der Waals surface area contributed by atoms with Crippen LogP contribution in [0.2, 0.25) is 5.02 Å². The van der Waals surface area contributed by atoms with Gasteiger partial charge in [0.15, 0.2) is 5.57 Å². The SMILES string of the molecule is N#CC(C(N)=O)=C(N)Nc1ccc(Cl)cc1. The molecule has 0 saturated carbocycles. The molecule has 0 spiro atoms. The number of nitrogens with two attached hydrogens (primary N) is 2. The third kappa shape index (κ3) is 2.90. The first kappa shape index (κ1) is 11.9. The molecule has 0 saturated heterocycles. The molecule has 0 unspecified atom stereocenters. The van der Waals surface area contributed by atoms with E-state index in [9.17, 15) is 4.79 Å². The second-order valence-corrected chi connectivity index (χ2v) is 3.33. The van der Waals surface area contributed by atoms with Crippen molar-refractivity contribution in [2.75, 3.05) is 5.32 Å². The van der Waals surface area contributed by atoms with Gasteiger partial charge in [0.25, 0.3) is 5.91 Å². The van der Waals surface area contributed by atoms with E-state index in [-0.39, 0.29) is 11.4 Å². The van der Waals surface area contributed by atoms with Crippen LogP contribution in [0.15, 0.2) is 35.7 Å². The maximum atomic E-state index is 10.8. The van der Waals surface area contributed by atoms with E-state index in [0.717, 1.165) is 0 Å². The molecule has 0 aliphatic rings. The molecule has 0 fully saturated rings. The number of carbonyl (C=O) groups excluding carboxylic acids is 1. The second kappa shape index (κ2) is 5.05. The van der Waals surface area contributed by atoms with Crippen molar-refractivity contribution in [3.63, 3.8) is 0 Å². The monoisotopic (exact) mass is 236 g/mol. The van der Waals surface area contributed by atoms with Gasteiger partial charge in [-0.05, 0) is 24.3 Å². The molecule has 1 rings (SSSR count). The minimum atomic E-state index is -0.874. The Bertz CT molecular complexity index is 473. The fourth-order valence-corrected chi connectivity index (χ4v) is 1.13. The molecule has 1 aromatic rings. The van der Waals surface area contributed by atoms with Gasteiger partial charge in [-0.2, -0.15) is 5.26 Å². The van der Waals surface area contributed by atoms with Crippen molar-refractivity contribution < 1.29 is 4.79 Å². The molecule has 0 aliphatic heterocycles. The van der Waals surface area contributed by atoms with Gasteiger partial charge in [0.2, 0.25) is 0 Å². The highest BCUT2D eigenvalue weighted by atomic mass is 35.5. The van der Waals surface area contributed by atoms with Gasteiger partial charge in [-0.3, -0.25) is 4.79 Å². The zero-order valence-corrected chi connectivity index (χ0v) is 8.95. The molecule has 1 aromatic carbocycles. The van der Waals surface area contributed by atoms with Gasteiger partial charge in [-0.15, -0.1) is 0 Å². The van der Waals surface area contributed by atoms with E-state index in [1.165, 1.54) is 0 Å². The van der Waals surface area contributed by atoms with Crippen LogP contribution in [0.3, 0.4) is 0 Å². The number of hydrogen-bond donors (Lipinski definition) is 3. The highest BCUT2D eigenvalue weighted by Crippen LogP contribution is 2.14. The predicted molar refractivity (Wildman–Crippen MR) is 61.1 cm³/mol. The average Bonchev–Trinajstić information content (AvgIpc) is 2.22. The molecule has 0 aromatic heterocycles. The number of nitriles is 1. The van der Waals surface area contributed by atoms with Gasteiger partial charge in [0.05, 0.1) is 0 Å². The van der Waals surface area contributed by atoms with Crippen LogP contribution in [0.25, 0.3) is 0 Å². The fraction of sp³-hybridized carbons (Fsp3) is 0. The summed E-state index contributed by atoms with van der Waals surface area (Å²) in [6, 6.07) is 8.23. The largest absolute Gasteiger partial charge is 0.384 e. The van der Waals surface area contributed by atoms with Crippen molar-refractivity contribution in [2.24, 2.45) is 11.5 Å². The summed E-state index contributed by atoms with van der Waals surface area (Å²) in [5.74, 6) is -0.959. The number of benzene rings is 1. The van der Waals surface area contributed by atoms with Crippen LogP contribution in [-0.4, -0.2) is 5.91 Å². The Morgan fingerprint density at radius 1 is 1.31 bits per heavy atom. The summed E-state index contributed by atoms with van der Waals surface area (Å²) in [7, 11) is 0. The summed E-state index contributed by atoms with van der Waals surface area (Å²) >= 11 is 5.69. The second-order valence-electron chi connectivity index (χ2n) is 2.90. The first-order valence-corrected chi connectivity index (χ1v) is 4.64. The third-order valence-electron chi connectivity index (χ3n) is 1.75. The van der Waals surface area contributed by atoms with E-state index in [2.05, 4.69) is 5.32 Å². The third-order valence-corrected chi connectivity index (χ3v) is 2.00. The van der Waals surface area contributed by atoms with Crippen LogP contribution in [0.1, 0.15) is 0 Å². The van der Waals surface area contributed by atoms with Crippen LogP contribution in [-0.2, 0) is 4.79 Å². The van der Waals surface area contributed by atoms with Gasteiger partial charge >= 0.3 is 0 Å². The van der Waals surface area contributed by atoms with Crippen molar-refractivity contribution in [3.8, 4) is 6.07 Å². The maximum absolute atomic E-state index is 10.8. The Morgan fingerprint density at radius 3 is 2.31 bits per heavy atom. The summed E-state index contributed by atoms with van der Waals surface area (Å²) in [4.78, 5) is 10.8. The highest BCUT2D eigenvalue weighted by Gasteiger charge is 2.09. The Kier molecular flexibility index (Phi) is 3.75. The molecular formula is C10H9ClN4O. The Morgan fingerprint density at radius 2 is 1.88 bits per heavy atom. The Labute approximate surface area is 97.3 Å². The number of amides is 1. The minimum absolute atomic E-state index is 0.0858. The highest BCUT2D eigenvalue weighted by molar-refractivity contribution is 6.30. The number of primary amides is 1. The summed E-state index contributed by atoms with van der Waals surface area (Å²) in [5.41, 5.74) is 10.8. The van der Waals surface area contributed by atoms with Crippen LogP contribution >= 0.6 is 11.6 Å². The molecule has 82 valence electrons. The minimum Gasteiger partial charge on any atom is -0.384 e. The van der Waals surface area contributed by atoms with Gasteiger partial charge in [-0.1, -0.05) is 11.6 Å².